The summed E-state index contributed by atoms with van der Waals surface area (Å²) >= 11 is 0. The maximum absolute atomic E-state index is 12.2. The van der Waals surface area contributed by atoms with Gasteiger partial charge in [-0.3, -0.25) is 9.59 Å². The number of ether oxygens (including phenoxy) is 1. The van der Waals surface area contributed by atoms with Gasteiger partial charge < -0.3 is 14.7 Å². The van der Waals surface area contributed by atoms with Crippen LogP contribution >= 0.6 is 0 Å². The first-order chi connectivity index (χ1) is 10.0. The lowest BCUT2D eigenvalue weighted by Gasteiger charge is -2.15. The Labute approximate surface area is 120 Å². The van der Waals surface area contributed by atoms with E-state index in [9.17, 15) is 9.59 Å². The lowest BCUT2D eigenvalue weighted by molar-refractivity contribution is -0.137. The second kappa shape index (κ2) is 6.04. The van der Waals surface area contributed by atoms with E-state index < -0.39 is 5.97 Å². The van der Waals surface area contributed by atoms with Crippen molar-refractivity contribution in [2.24, 2.45) is 0 Å². The summed E-state index contributed by atoms with van der Waals surface area (Å²) in [5.74, 6) is -0.744. The summed E-state index contributed by atoms with van der Waals surface area (Å²) in [5, 5.41) is 15.9. The van der Waals surface area contributed by atoms with Gasteiger partial charge in [0.05, 0.1) is 13.3 Å². The Morgan fingerprint density at radius 3 is 2.57 bits per heavy atom. The number of amides is 1. The summed E-state index contributed by atoms with van der Waals surface area (Å²) in [4.78, 5) is 24.2. The van der Waals surface area contributed by atoms with Gasteiger partial charge in [0.2, 0.25) is 0 Å². The van der Waals surface area contributed by atoms with E-state index >= 15 is 0 Å². The van der Waals surface area contributed by atoms with E-state index in [0.29, 0.717) is 11.4 Å². The summed E-state index contributed by atoms with van der Waals surface area (Å²) in [7, 11) is 3.16. The third kappa shape index (κ3) is 3.35. The van der Waals surface area contributed by atoms with Gasteiger partial charge in [-0.25, -0.2) is 4.68 Å². The lowest BCUT2D eigenvalue weighted by Crippen LogP contribution is -2.26. The number of carbonyl (C=O) groups is 2. The monoisotopic (exact) mass is 290 g/mol. The van der Waals surface area contributed by atoms with Crippen molar-refractivity contribution in [2.45, 2.75) is 6.54 Å². The number of nitrogens with zero attached hydrogens (tertiary/aromatic N) is 4. The van der Waals surface area contributed by atoms with Crippen molar-refractivity contribution in [3.8, 4) is 5.75 Å². The van der Waals surface area contributed by atoms with Crippen molar-refractivity contribution >= 4 is 17.6 Å². The first-order valence-corrected chi connectivity index (χ1v) is 6.05. The number of methoxy groups -OCH3 is 1. The van der Waals surface area contributed by atoms with E-state index in [0.717, 1.165) is 4.68 Å². The number of rotatable bonds is 5. The van der Waals surface area contributed by atoms with E-state index in [1.807, 2.05) is 0 Å². The molecule has 0 unspecified atom stereocenters. The van der Waals surface area contributed by atoms with Crippen LogP contribution < -0.4 is 9.64 Å². The molecule has 1 N–H and O–H groups in total. The second-order valence-electron chi connectivity index (χ2n) is 4.26. The van der Waals surface area contributed by atoms with E-state index in [2.05, 4.69) is 10.3 Å². The molecule has 1 aromatic carbocycles. The molecule has 0 atom stereocenters. The van der Waals surface area contributed by atoms with Gasteiger partial charge in [-0.2, -0.15) is 0 Å². The van der Waals surface area contributed by atoms with Gasteiger partial charge >= 0.3 is 5.97 Å². The Kier molecular flexibility index (Phi) is 4.17. The first-order valence-electron chi connectivity index (χ1n) is 6.05. The normalized spacial score (nSPS) is 10.2. The summed E-state index contributed by atoms with van der Waals surface area (Å²) in [6, 6.07) is 6.94. The number of hydrogen-bond donors (Lipinski definition) is 1. The van der Waals surface area contributed by atoms with Crippen LogP contribution in [0.1, 0.15) is 10.5 Å². The highest BCUT2D eigenvalue weighted by molar-refractivity contribution is 6.04. The Hall–Kier alpha value is -2.90. The zero-order valence-electron chi connectivity index (χ0n) is 11.6. The average Bonchev–Trinajstić information content (AvgIpc) is 2.93. The highest BCUT2D eigenvalue weighted by atomic mass is 16.5. The van der Waals surface area contributed by atoms with Crippen LogP contribution in [0.25, 0.3) is 0 Å². The molecule has 2 rings (SSSR count). The number of carbonyl (C=O) groups excluding carboxylic acids is 1. The molecule has 1 aromatic heterocycles. The summed E-state index contributed by atoms with van der Waals surface area (Å²) in [5.41, 5.74) is 0.739. The Morgan fingerprint density at radius 2 is 2.00 bits per heavy atom. The van der Waals surface area contributed by atoms with Crippen LogP contribution in [0.2, 0.25) is 0 Å². The van der Waals surface area contributed by atoms with Gasteiger partial charge in [0.15, 0.2) is 5.69 Å². The van der Waals surface area contributed by atoms with Crippen LogP contribution in [-0.4, -0.2) is 46.1 Å². The minimum Gasteiger partial charge on any atom is -0.497 e. The summed E-state index contributed by atoms with van der Waals surface area (Å²) in [6.45, 7) is -0.341. The third-order valence-corrected chi connectivity index (χ3v) is 2.82. The van der Waals surface area contributed by atoms with Crippen LogP contribution in [0.15, 0.2) is 30.5 Å². The molecule has 0 bridgehead atoms. The van der Waals surface area contributed by atoms with Crippen molar-refractivity contribution in [1.82, 2.24) is 15.0 Å². The number of carboxylic acid groups (broad SMARTS) is 1. The third-order valence-electron chi connectivity index (χ3n) is 2.82. The molecule has 0 spiro atoms. The molecular weight excluding hydrogens is 276 g/mol. The van der Waals surface area contributed by atoms with E-state index in [1.54, 1.807) is 38.4 Å². The minimum absolute atomic E-state index is 0.0783. The van der Waals surface area contributed by atoms with Gasteiger partial charge in [-0.1, -0.05) is 5.21 Å². The standard InChI is InChI=1S/C13H14N4O4/c1-16(9-3-5-10(21-2)6-4-9)13(20)11-7-17(15-14-11)8-12(18)19/h3-7H,8H2,1-2H3,(H,18,19). The summed E-state index contributed by atoms with van der Waals surface area (Å²) in [6.07, 6.45) is 1.30. The van der Waals surface area contributed by atoms with Gasteiger partial charge in [0.1, 0.15) is 12.3 Å². The van der Waals surface area contributed by atoms with Crippen LogP contribution in [0.3, 0.4) is 0 Å². The number of aliphatic carboxylic acids is 1. The van der Waals surface area contributed by atoms with Crippen LogP contribution in [0.5, 0.6) is 5.75 Å². The quantitative estimate of drug-likeness (QED) is 0.868. The fourth-order valence-corrected chi connectivity index (χ4v) is 1.71. The van der Waals surface area contributed by atoms with Gasteiger partial charge in [-0.05, 0) is 24.3 Å². The predicted octanol–water partition coefficient (Wildman–Crippen LogP) is 0.648. The van der Waals surface area contributed by atoms with Crippen molar-refractivity contribution in [1.29, 1.82) is 0 Å². The molecule has 0 radical (unpaired) electrons. The van der Waals surface area contributed by atoms with Crippen molar-refractivity contribution < 1.29 is 19.4 Å². The smallest absolute Gasteiger partial charge is 0.325 e. The van der Waals surface area contributed by atoms with Crippen LogP contribution in [0.4, 0.5) is 5.69 Å². The van der Waals surface area contributed by atoms with Gasteiger partial charge in [0, 0.05) is 12.7 Å². The summed E-state index contributed by atoms with van der Waals surface area (Å²) < 4.78 is 6.14. The number of aromatic nitrogens is 3. The van der Waals surface area contributed by atoms with E-state index in [1.165, 1.54) is 11.1 Å². The number of carboxylic acids is 1. The fourth-order valence-electron chi connectivity index (χ4n) is 1.71. The minimum atomic E-state index is -1.05. The molecule has 1 amide bonds. The van der Waals surface area contributed by atoms with Gasteiger partial charge in [-0.15, -0.1) is 5.10 Å². The predicted molar refractivity (Wildman–Crippen MR) is 73.4 cm³/mol. The number of benzene rings is 1. The SMILES string of the molecule is COc1ccc(N(C)C(=O)c2cn(CC(=O)O)nn2)cc1. The topological polar surface area (TPSA) is 97.5 Å². The zero-order chi connectivity index (χ0) is 15.4. The molecule has 2 aromatic rings. The molecule has 0 aliphatic rings. The highest BCUT2D eigenvalue weighted by Gasteiger charge is 2.17. The lowest BCUT2D eigenvalue weighted by atomic mass is 10.2. The maximum atomic E-state index is 12.2. The Bertz CT molecular complexity index is 650. The van der Waals surface area contributed by atoms with Crippen molar-refractivity contribution in [3.63, 3.8) is 0 Å². The van der Waals surface area contributed by atoms with E-state index in [4.69, 9.17) is 9.84 Å². The maximum Gasteiger partial charge on any atom is 0.325 e. The molecule has 8 nitrogen and oxygen atoms in total. The molecular formula is C13H14N4O4. The van der Waals surface area contributed by atoms with Crippen LogP contribution in [-0.2, 0) is 11.3 Å². The first kappa shape index (κ1) is 14.5. The van der Waals surface area contributed by atoms with Gasteiger partial charge in [0.25, 0.3) is 5.91 Å². The molecule has 0 fully saturated rings. The van der Waals surface area contributed by atoms with E-state index in [-0.39, 0.29) is 18.1 Å². The molecule has 1 heterocycles. The Balaban J connectivity index is 2.14. The zero-order valence-corrected chi connectivity index (χ0v) is 11.6. The highest BCUT2D eigenvalue weighted by Crippen LogP contribution is 2.19. The largest absolute Gasteiger partial charge is 0.497 e. The molecule has 21 heavy (non-hydrogen) atoms. The molecule has 110 valence electrons. The van der Waals surface area contributed by atoms with Crippen LogP contribution in [0, 0.1) is 0 Å². The Morgan fingerprint density at radius 1 is 1.33 bits per heavy atom. The second-order valence-corrected chi connectivity index (χ2v) is 4.26. The van der Waals surface area contributed by atoms with Crippen molar-refractivity contribution in [2.75, 3.05) is 19.1 Å². The molecule has 0 aliphatic carbocycles. The average molecular weight is 290 g/mol. The molecule has 0 aliphatic heterocycles. The number of anilines is 1. The molecule has 0 saturated heterocycles. The fraction of sp³-hybridized carbons (Fsp3) is 0.231. The molecule has 8 heteroatoms. The van der Waals surface area contributed by atoms with Crippen molar-refractivity contribution in [3.05, 3.63) is 36.2 Å². The number of hydrogen-bond acceptors (Lipinski definition) is 5. The molecule has 0 saturated carbocycles.